The van der Waals surface area contributed by atoms with E-state index in [1.54, 1.807) is 6.92 Å². The molecule has 3 N–H and O–H groups in total. The lowest BCUT2D eigenvalue weighted by Crippen LogP contribution is -2.82. The summed E-state index contributed by atoms with van der Waals surface area (Å²) in [6.07, 6.45) is 1.78. The lowest BCUT2D eigenvalue weighted by atomic mass is 9.34. The molecule has 3 saturated carbocycles. The summed E-state index contributed by atoms with van der Waals surface area (Å²) >= 11 is 0. The first kappa shape index (κ1) is 19.3. The predicted octanol–water partition coefficient (Wildman–Crippen LogP) is 2.68. The number of methoxy groups -OCH3 is 1. The van der Waals surface area contributed by atoms with E-state index in [1.807, 2.05) is 0 Å². The Bertz CT molecular complexity index is 980. The van der Waals surface area contributed by atoms with Crippen molar-refractivity contribution < 1.29 is 27.8 Å². The van der Waals surface area contributed by atoms with Gasteiger partial charge in [0.15, 0.2) is 11.6 Å². The lowest BCUT2D eigenvalue weighted by Gasteiger charge is -2.72. The van der Waals surface area contributed by atoms with Gasteiger partial charge in [-0.05, 0) is 37.5 Å². The fraction of sp³-hybridized carbons (Fsp3) is 0.350. The van der Waals surface area contributed by atoms with Gasteiger partial charge in [-0.25, -0.2) is 13.8 Å². The van der Waals surface area contributed by atoms with Crippen LogP contribution in [-0.2, 0) is 14.3 Å². The molecular formula is C20H19F2N3O4. The second kappa shape index (κ2) is 6.48. The van der Waals surface area contributed by atoms with E-state index in [0.29, 0.717) is 18.4 Å². The van der Waals surface area contributed by atoms with Gasteiger partial charge in [0.2, 0.25) is 17.7 Å². The van der Waals surface area contributed by atoms with Crippen LogP contribution in [0.15, 0.2) is 30.5 Å². The summed E-state index contributed by atoms with van der Waals surface area (Å²) in [4.78, 5) is 28.3. The monoisotopic (exact) mass is 403 g/mol. The molecule has 2 amide bonds. The van der Waals surface area contributed by atoms with Crippen LogP contribution in [0.1, 0.15) is 18.4 Å². The Morgan fingerprint density at radius 2 is 2.00 bits per heavy atom. The zero-order chi connectivity index (χ0) is 21.0. The Labute approximate surface area is 165 Å². The number of nitrogens with one attached hydrogen (secondary N) is 1. The Morgan fingerprint density at radius 1 is 1.28 bits per heavy atom. The van der Waals surface area contributed by atoms with Crippen LogP contribution < -0.4 is 15.8 Å². The molecule has 1 heterocycles. The number of aromatic nitrogens is 1. The van der Waals surface area contributed by atoms with Crippen LogP contribution in [0.25, 0.3) is 0 Å². The van der Waals surface area contributed by atoms with Crippen molar-refractivity contribution in [1.29, 1.82) is 0 Å². The number of anilines is 1. The molecule has 3 fully saturated rings. The molecule has 3 aliphatic rings. The molecule has 1 atom stereocenters. The molecule has 152 valence electrons. The third-order valence-electron chi connectivity index (χ3n) is 5.87. The summed E-state index contributed by atoms with van der Waals surface area (Å²) in [6, 6.07) is 5.06. The van der Waals surface area contributed by atoms with Crippen LogP contribution in [0.5, 0.6) is 11.6 Å². The summed E-state index contributed by atoms with van der Waals surface area (Å²) in [7, 11) is 1.49. The van der Waals surface area contributed by atoms with Crippen molar-refractivity contribution in [1.82, 2.24) is 4.98 Å². The van der Waals surface area contributed by atoms with Crippen LogP contribution in [0.3, 0.4) is 0 Å². The highest BCUT2D eigenvalue weighted by Gasteiger charge is 2.81. The quantitative estimate of drug-likeness (QED) is 0.772. The highest BCUT2D eigenvalue weighted by atomic mass is 19.1. The normalized spacial score (nSPS) is 26.8. The average molecular weight is 403 g/mol. The number of amides is 2. The van der Waals surface area contributed by atoms with Gasteiger partial charge >= 0.3 is 0 Å². The van der Waals surface area contributed by atoms with Crippen LogP contribution in [0.4, 0.5) is 14.5 Å². The van der Waals surface area contributed by atoms with Gasteiger partial charge in [-0.3, -0.25) is 9.59 Å². The van der Waals surface area contributed by atoms with E-state index in [4.69, 9.17) is 15.2 Å². The van der Waals surface area contributed by atoms with Gasteiger partial charge in [0.25, 0.3) is 0 Å². The van der Waals surface area contributed by atoms with Crippen molar-refractivity contribution >= 4 is 17.5 Å². The fourth-order valence-electron chi connectivity index (χ4n) is 4.41. The number of pyridine rings is 1. The number of carbonyl (C=O) groups excluding carboxylic acids is 2. The Hall–Kier alpha value is -3.07. The molecule has 0 saturated heterocycles. The molecule has 0 radical (unpaired) electrons. The molecule has 0 aliphatic heterocycles. The maximum atomic E-state index is 14.6. The van der Waals surface area contributed by atoms with Crippen LogP contribution in [0.2, 0.25) is 0 Å². The number of nitrogens with zero attached hydrogens (tertiary/aromatic N) is 1. The molecule has 5 rings (SSSR count). The maximum Gasteiger partial charge on any atom is 0.231 e. The van der Waals surface area contributed by atoms with Gasteiger partial charge < -0.3 is 20.5 Å². The third kappa shape index (κ3) is 2.84. The van der Waals surface area contributed by atoms with Crippen LogP contribution in [0, 0.1) is 29.9 Å². The van der Waals surface area contributed by atoms with Crippen molar-refractivity contribution in [3.63, 3.8) is 0 Å². The highest BCUT2D eigenvalue weighted by molar-refractivity contribution is 6.02. The standard InChI is InChI=1S/C20H19F2N3O4/c1-10-5-12(6-13(22)15(10)29-14-4-3-11(21)7-24-14)25-17(26)16-19(18(23)27)8-20(16,9-19)28-2/h3-7,16H,8-9H2,1-2H3,(H2,23,27)(H,25,26). The molecule has 2 bridgehead atoms. The fourth-order valence-corrected chi connectivity index (χ4v) is 4.41. The van der Waals surface area contributed by atoms with E-state index in [9.17, 15) is 18.4 Å². The molecule has 1 aromatic heterocycles. The van der Waals surface area contributed by atoms with Crippen molar-refractivity contribution in [3.8, 4) is 11.6 Å². The summed E-state index contributed by atoms with van der Waals surface area (Å²) < 4.78 is 38.3. The van der Waals surface area contributed by atoms with Gasteiger partial charge in [-0.2, -0.15) is 0 Å². The van der Waals surface area contributed by atoms with Crippen molar-refractivity contribution in [2.24, 2.45) is 17.1 Å². The number of aryl methyl sites for hydroxylation is 1. The van der Waals surface area contributed by atoms with E-state index >= 15 is 0 Å². The minimum atomic E-state index is -0.898. The van der Waals surface area contributed by atoms with E-state index in [1.165, 1.54) is 19.2 Å². The summed E-state index contributed by atoms with van der Waals surface area (Å²) in [5.41, 5.74) is 4.50. The van der Waals surface area contributed by atoms with Crippen molar-refractivity contribution in [2.75, 3.05) is 12.4 Å². The zero-order valence-corrected chi connectivity index (χ0v) is 15.8. The van der Waals surface area contributed by atoms with Crippen LogP contribution in [-0.4, -0.2) is 29.5 Å². The highest BCUT2D eigenvalue weighted by Crippen LogP contribution is 2.73. The SMILES string of the molecule is COC12CC(C(N)=O)(C1)C2C(=O)Nc1cc(C)c(Oc2ccc(F)cn2)c(F)c1. The second-order valence-corrected chi connectivity index (χ2v) is 7.59. The molecular weight excluding hydrogens is 384 g/mol. The largest absolute Gasteiger partial charge is 0.436 e. The minimum Gasteiger partial charge on any atom is -0.436 e. The molecule has 1 aromatic carbocycles. The number of halogens is 2. The molecule has 29 heavy (non-hydrogen) atoms. The van der Waals surface area contributed by atoms with Crippen molar-refractivity contribution in [3.05, 3.63) is 47.7 Å². The zero-order valence-electron chi connectivity index (χ0n) is 15.8. The maximum absolute atomic E-state index is 14.6. The lowest BCUT2D eigenvalue weighted by molar-refractivity contribution is -0.301. The predicted molar refractivity (Wildman–Crippen MR) is 98.1 cm³/mol. The first-order valence-electron chi connectivity index (χ1n) is 8.96. The number of hydrogen-bond acceptors (Lipinski definition) is 5. The number of ether oxygens (including phenoxy) is 2. The summed E-state index contributed by atoms with van der Waals surface area (Å²) in [5, 5.41) is 2.64. The average Bonchev–Trinajstić information content (AvgIpc) is 2.58. The van der Waals surface area contributed by atoms with Gasteiger partial charge in [0, 0.05) is 24.9 Å². The van der Waals surface area contributed by atoms with Gasteiger partial charge in [0.05, 0.1) is 23.1 Å². The molecule has 9 heteroatoms. The number of primary amides is 1. The minimum absolute atomic E-state index is 0.0326. The topological polar surface area (TPSA) is 104 Å². The Morgan fingerprint density at radius 3 is 2.55 bits per heavy atom. The number of hydrogen-bond donors (Lipinski definition) is 2. The number of benzene rings is 1. The molecule has 7 nitrogen and oxygen atoms in total. The Balaban J connectivity index is 1.52. The number of nitrogens with two attached hydrogens (primary N) is 1. The first-order chi connectivity index (χ1) is 13.7. The number of carbonyl (C=O) groups is 2. The third-order valence-corrected chi connectivity index (χ3v) is 5.87. The van der Waals surface area contributed by atoms with Gasteiger partial charge in [-0.15, -0.1) is 0 Å². The molecule has 3 aliphatic carbocycles. The summed E-state index contributed by atoms with van der Waals surface area (Å²) in [6.45, 7) is 1.60. The second-order valence-electron chi connectivity index (χ2n) is 7.59. The molecule has 2 aromatic rings. The Kier molecular flexibility index (Phi) is 4.30. The van der Waals surface area contributed by atoms with Crippen LogP contribution >= 0.6 is 0 Å². The van der Waals surface area contributed by atoms with Crippen molar-refractivity contribution in [2.45, 2.75) is 25.4 Å². The van der Waals surface area contributed by atoms with E-state index in [0.717, 1.165) is 18.3 Å². The molecule has 1 unspecified atom stereocenters. The first-order valence-corrected chi connectivity index (χ1v) is 8.96. The molecule has 0 spiro atoms. The van der Waals surface area contributed by atoms with Gasteiger partial charge in [-0.1, -0.05) is 0 Å². The van der Waals surface area contributed by atoms with E-state index in [-0.39, 0.29) is 17.3 Å². The number of rotatable bonds is 6. The van der Waals surface area contributed by atoms with E-state index < -0.39 is 40.4 Å². The van der Waals surface area contributed by atoms with Gasteiger partial charge in [0.1, 0.15) is 5.82 Å². The smallest absolute Gasteiger partial charge is 0.231 e. The van der Waals surface area contributed by atoms with E-state index in [2.05, 4.69) is 10.3 Å². The summed E-state index contributed by atoms with van der Waals surface area (Å²) in [5.74, 6) is -3.01.